The van der Waals surface area contributed by atoms with Crippen LogP contribution in [0.1, 0.15) is 24.0 Å². The Balaban J connectivity index is 1.88. The molecule has 3 aromatic rings. The Kier molecular flexibility index (Phi) is 6.99. The number of hydrogen-bond donors (Lipinski definition) is 0. The molecule has 0 spiro atoms. The summed E-state index contributed by atoms with van der Waals surface area (Å²) in [7, 11) is 9.59. The predicted molar refractivity (Wildman–Crippen MR) is 140 cm³/mol. The number of rotatable bonds is 7. The van der Waals surface area contributed by atoms with E-state index < -0.39 is 0 Å². The quantitative estimate of drug-likeness (QED) is 0.516. The number of anilines is 2. The molecule has 1 saturated heterocycles. The van der Waals surface area contributed by atoms with Crippen molar-refractivity contribution in [1.29, 1.82) is 5.26 Å². The van der Waals surface area contributed by atoms with E-state index in [2.05, 4.69) is 42.1 Å². The van der Waals surface area contributed by atoms with Gasteiger partial charge in [-0.1, -0.05) is 30.3 Å². The molecule has 0 N–H and O–H groups in total. The molecular formula is C27H34N6O2. The molecule has 0 bridgehead atoms. The van der Waals surface area contributed by atoms with Crippen LogP contribution < -0.4 is 9.80 Å². The molecule has 1 atom stereocenters. The van der Waals surface area contributed by atoms with E-state index in [0.717, 1.165) is 41.9 Å². The number of benzene rings is 2. The van der Waals surface area contributed by atoms with E-state index in [1.807, 2.05) is 37.1 Å². The smallest absolute Gasteiger partial charge is 0.298 e. The Morgan fingerprint density at radius 1 is 1.20 bits per heavy atom. The highest BCUT2D eigenvalue weighted by atomic mass is 16.4. The van der Waals surface area contributed by atoms with Crippen LogP contribution in [0.15, 0.2) is 34.7 Å². The highest BCUT2D eigenvalue weighted by Crippen LogP contribution is 2.44. The van der Waals surface area contributed by atoms with Gasteiger partial charge in [0.15, 0.2) is 5.58 Å². The lowest BCUT2D eigenvalue weighted by atomic mass is 9.93. The van der Waals surface area contributed by atoms with Crippen LogP contribution in [-0.2, 0) is 4.79 Å². The van der Waals surface area contributed by atoms with Gasteiger partial charge in [-0.3, -0.25) is 4.79 Å². The van der Waals surface area contributed by atoms with Gasteiger partial charge < -0.3 is 24.0 Å². The minimum atomic E-state index is 0.0420. The number of aromatic nitrogens is 1. The van der Waals surface area contributed by atoms with E-state index in [-0.39, 0.29) is 5.91 Å². The Hall–Kier alpha value is -3.57. The molecule has 1 aromatic heterocycles. The largest absolute Gasteiger partial charge is 0.421 e. The molecule has 0 aliphatic carbocycles. The van der Waals surface area contributed by atoms with Crippen molar-refractivity contribution in [2.75, 3.05) is 64.7 Å². The van der Waals surface area contributed by atoms with E-state index in [0.29, 0.717) is 41.7 Å². The molecule has 0 radical (unpaired) electrons. The summed E-state index contributed by atoms with van der Waals surface area (Å²) in [6.45, 7) is 4.23. The fraction of sp³-hybridized carbons (Fsp3) is 0.444. The summed E-state index contributed by atoms with van der Waals surface area (Å²) in [6.07, 6.45) is 1.40. The summed E-state index contributed by atoms with van der Waals surface area (Å²) < 4.78 is 6.41. The van der Waals surface area contributed by atoms with Crippen molar-refractivity contribution in [3.05, 3.63) is 41.5 Å². The van der Waals surface area contributed by atoms with Crippen LogP contribution in [-0.4, -0.2) is 81.6 Å². The minimum Gasteiger partial charge on any atom is -0.421 e. The molecule has 2 heterocycles. The van der Waals surface area contributed by atoms with Crippen LogP contribution in [0.4, 0.5) is 11.7 Å². The Bertz CT molecular complexity index is 1260. The fourth-order valence-corrected chi connectivity index (χ4v) is 4.74. The Morgan fingerprint density at radius 3 is 2.51 bits per heavy atom. The Morgan fingerprint density at radius 2 is 1.91 bits per heavy atom. The molecule has 8 nitrogen and oxygen atoms in total. The van der Waals surface area contributed by atoms with Crippen molar-refractivity contribution in [1.82, 2.24) is 14.8 Å². The van der Waals surface area contributed by atoms with E-state index in [1.165, 1.54) is 0 Å². The fourth-order valence-electron chi connectivity index (χ4n) is 4.74. The average molecular weight is 475 g/mol. The van der Waals surface area contributed by atoms with Crippen LogP contribution in [0.2, 0.25) is 0 Å². The summed E-state index contributed by atoms with van der Waals surface area (Å²) in [5, 5.41) is 10.1. The second kappa shape index (κ2) is 9.96. The van der Waals surface area contributed by atoms with Gasteiger partial charge in [0.05, 0.1) is 11.3 Å². The second-order valence-corrected chi connectivity index (χ2v) is 9.69. The topological polar surface area (TPSA) is 79.8 Å². The maximum atomic E-state index is 12.1. The molecule has 35 heavy (non-hydrogen) atoms. The van der Waals surface area contributed by atoms with Crippen LogP contribution in [0.25, 0.3) is 22.2 Å². The maximum Gasteiger partial charge on any atom is 0.298 e. The molecule has 1 aliphatic heterocycles. The van der Waals surface area contributed by atoms with Crippen molar-refractivity contribution in [3.63, 3.8) is 0 Å². The van der Waals surface area contributed by atoms with Gasteiger partial charge in [0, 0.05) is 58.8 Å². The number of hydrogen-bond acceptors (Lipinski definition) is 7. The first-order valence-corrected chi connectivity index (χ1v) is 12.0. The molecule has 2 aromatic carbocycles. The third kappa shape index (κ3) is 4.69. The summed E-state index contributed by atoms with van der Waals surface area (Å²) in [4.78, 5) is 24.9. The van der Waals surface area contributed by atoms with Crippen LogP contribution in [0.5, 0.6) is 0 Å². The third-order valence-electron chi connectivity index (χ3n) is 6.93. The number of carbonyl (C=O) groups excluding carboxylic acids is 1. The molecular weight excluding hydrogens is 440 g/mol. The zero-order valence-corrected chi connectivity index (χ0v) is 21.5. The number of oxazole rings is 1. The number of likely N-dealkylation sites (N-methyl/N-ethyl adjacent to an activating group) is 1. The number of fused-ring (bicyclic) bond motifs is 1. The Labute approximate surface area is 207 Å². The summed E-state index contributed by atoms with van der Waals surface area (Å²) in [5.41, 5.74) is 5.69. The monoisotopic (exact) mass is 474 g/mol. The summed E-state index contributed by atoms with van der Waals surface area (Å²) in [5.74, 6) is 0.0420. The minimum absolute atomic E-state index is 0.0420. The molecule has 0 unspecified atom stereocenters. The first-order valence-electron chi connectivity index (χ1n) is 12.0. The number of carbonyl (C=O) groups is 1. The molecule has 1 aliphatic rings. The van der Waals surface area contributed by atoms with Crippen molar-refractivity contribution in [2.45, 2.75) is 25.8 Å². The van der Waals surface area contributed by atoms with E-state index in [9.17, 15) is 10.1 Å². The van der Waals surface area contributed by atoms with Crippen molar-refractivity contribution in [3.8, 4) is 17.2 Å². The van der Waals surface area contributed by atoms with Gasteiger partial charge in [0.2, 0.25) is 5.91 Å². The van der Waals surface area contributed by atoms with Crippen LogP contribution in [0.3, 0.4) is 0 Å². The molecule has 1 fully saturated rings. The predicted octanol–water partition coefficient (Wildman–Crippen LogP) is 3.73. The third-order valence-corrected chi connectivity index (χ3v) is 6.93. The molecule has 4 rings (SSSR count). The lowest BCUT2D eigenvalue weighted by molar-refractivity contribution is -0.128. The van der Waals surface area contributed by atoms with Gasteiger partial charge in [-0.15, -0.1) is 0 Å². The number of nitriles is 1. The number of nitrogens with zero attached hydrogens (tertiary/aromatic N) is 6. The van der Waals surface area contributed by atoms with Gasteiger partial charge in [0.25, 0.3) is 6.01 Å². The summed E-state index contributed by atoms with van der Waals surface area (Å²) in [6, 6.07) is 13.4. The first-order chi connectivity index (χ1) is 16.7. The highest BCUT2D eigenvalue weighted by Gasteiger charge is 2.32. The standard InChI is InChI=1S/C27H34N6O2/c1-18-21(16-28)24-26(35-27(29-24)32(6)14-13-22(34)31(4)5)25(23(18)19-10-8-7-9-11-19)33-15-12-20(17-33)30(2)3/h7-11,20H,12-15,17H2,1-6H3/t20-/m0/s1. The van der Waals surface area contributed by atoms with Crippen LogP contribution in [0, 0.1) is 18.3 Å². The van der Waals surface area contributed by atoms with E-state index in [4.69, 9.17) is 9.40 Å². The van der Waals surface area contributed by atoms with Gasteiger partial charge in [-0.05, 0) is 38.6 Å². The van der Waals surface area contributed by atoms with Gasteiger partial charge in [-0.25, -0.2) is 0 Å². The molecule has 1 amide bonds. The van der Waals surface area contributed by atoms with Gasteiger partial charge in [-0.2, -0.15) is 10.2 Å². The van der Waals surface area contributed by atoms with Crippen molar-refractivity contribution in [2.24, 2.45) is 0 Å². The zero-order valence-electron chi connectivity index (χ0n) is 21.5. The molecule has 8 heteroatoms. The SMILES string of the molecule is Cc1c(-c2ccccc2)c(N2CC[C@H](N(C)C)C2)c2oc(N(C)CCC(=O)N(C)C)nc2c1C#N. The van der Waals surface area contributed by atoms with Gasteiger partial charge in [0.1, 0.15) is 11.6 Å². The summed E-state index contributed by atoms with van der Waals surface area (Å²) >= 11 is 0. The van der Waals surface area contributed by atoms with E-state index in [1.54, 1.807) is 19.0 Å². The molecule has 0 saturated carbocycles. The molecule has 184 valence electrons. The van der Waals surface area contributed by atoms with E-state index >= 15 is 0 Å². The van der Waals surface area contributed by atoms with Crippen molar-refractivity contribution >= 4 is 28.7 Å². The van der Waals surface area contributed by atoms with Gasteiger partial charge >= 0.3 is 0 Å². The average Bonchev–Trinajstić information content (AvgIpc) is 3.50. The first kappa shape index (κ1) is 24.6. The second-order valence-electron chi connectivity index (χ2n) is 9.69. The maximum absolute atomic E-state index is 12.1. The zero-order chi connectivity index (χ0) is 25.3. The van der Waals surface area contributed by atoms with Crippen molar-refractivity contribution < 1.29 is 9.21 Å². The highest BCUT2D eigenvalue weighted by molar-refractivity contribution is 6.03. The normalized spacial score (nSPS) is 15.6. The number of amides is 1. The lowest BCUT2D eigenvalue weighted by Crippen LogP contribution is -2.31. The van der Waals surface area contributed by atoms with Crippen LogP contribution >= 0.6 is 0 Å². The lowest BCUT2D eigenvalue weighted by Gasteiger charge is -2.25.